The molecule has 0 aliphatic heterocycles. The van der Waals surface area contributed by atoms with Crippen molar-refractivity contribution in [3.8, 4) is 17.1 Å². The van der Waals surface area contributed by atoms with E-state index in [0.717, 1.165) is 11.1 Å². The van der Waals surface area contributed by atoms with Crippen LogP contribution in [0.4, 0.5) is 0 Å². The standard InChI is InChI=1S/C19H20ClN3O4S/c1-12-10-17(13(2)9-16(12)26-4)28(24,25)23(3)11-18-21-19(22-27-18)14-5-7-15(20)8-6-14/h5-10H,11H2,1-4H3. The van der Waals surface area contributed by atoms with E-state index in [1.165, 1.54) is 11.4 Å². The smallest absolute Gasteiger partial charge is 0.243 e. The van der Waals surface area contributed by atoms with Gasteiger partial charge in [0.2, 0.25) is 21.7 Å². The lowest BCUT2D eigenvalue weighted by Gasteiger charge is -2.18. The first-order valence-corrected chi connectivity index (χ1v) is 10.2. The molecule has 0 spiro atoms. The Morgan fingerprint density at radius 3 is 2.46 bits per heavy atom. The van der Waals surface area contributed by atoms with Crippen LogP contribution in [0, 0.1) is 13.8 Å². The number of ether oxygens (including phenoxy) is 1. The van der Waals surface area contributed by atoms with Crippen LogP contribution >= 0.6 is 11.6 Å². The fourth-order valence-electron chi connectivity index (χ4n) is 2.74. The van der Waals surface area contributed by atoms with Gasteiger partial charge in [-0.3, -0.25) is 0 Å². The maximum Gasteiger partial charge on any atom is 0.243 e. The van der Waals surface area contributed by atoms with Crippen molar-refractivity contribution in [3.05, 3.63) is 58.4 Å². The summed E-state index contributed by atoms with van der Waals surface area (Å²) in [4.78, 5) is 4.49. The number of aryl methyl sites for hydroxylation is 2. The third-order valence-electron chi connectivity index (χ3n) is 4.31. The minimum absolute atomic E-state index is 0.0482. The third kappa shape index (κ3) is 4.04. The van der Waals surface area contributed by atoms with Gasteiger partial charge < -0.3 is 9.26 Å². The Labute approximate surface area is 168 Å². The molecule has 9 heteroatoms. The Bertz CT molecular complexity index is 1090. The van der Waals surface area contributed by atoms with E-state index in [0.29, 0.717) is 22.2 Å². The van der Waals surface area contributed by atoms with Crippen LogP contribution in [0.25, 0.3) is 11.4 Å². The second kappa shape index (κ2) is 7.90. The Kier molecular flexibility index (Phi) is 5.74. The zero-order valence-corrected chi connectivity index (χ0v) is 17.5. The molecular weight excluding hydrogens is 402 g/mol. The fraction of sp³-hybridized carbons (Fsp3) is 0.263. The van der Waals surface area contributed by atoms with Crippen LogP contribution in [-0.4, -0.2) is 37.0 Å². The lowest BCUT2D eigenvalue weighted by Crippen LogP contribution is -2.27. The second-order valence-electron chi connectivity index (χ2n) is 6.37. The van der Waals surface area contributed by atoms with Crippen molar-refractivity contribution in [1.82, 2.24) is 14.4 Å². The number of aromatic nitrogens is 2. The van der Waals surface area contributed by atoms with Crippen LogP contribution in [0.3, 0.4) is 0 Å². The zero-order chi connectivity index (χ0) is 20.5. The average molecular weight is 422 g/mol. The van der Waals surface area contributed by atoms with E-state index < -0.39 is 10.0 Å². The van der Waals surface area contributed by atoms with E-state index in [1.54, 1.807) is 57.4 Å². The number of benzene rings is 2. The SMILES string of the molecule is COc1cc(C)c(S(=O)(=O)N(C)Cc2nc(-c3ccc(Cl)cc3)no2)cc1C. The minimum Gasteiger partial charge on any atom is -0.496 e. The Morgan fingerprint density at radius 1 is 1.14 bits per heavy atom. The highest BCUT2D eigenvalue weighted by atomic mass is 35.5. The fourth-order valence-corrected chi connectivity index (χ4v) is 4.27. The number of hydrogen-bond acceptors (Lipinski definition) is 6. The molecule has 0 atom stereocenters. The first kappa shape index (κ1) is 20.3. The number of methoxy groups -OCH3 is 1. The Hall–Kier alpha value is -2.42. The molecule has 0 saturated carbocycles. The Morgan fingerprint density at radius 2 is 1.82 bits per heavy atom. The lowest BCUT2D eigenvalue weighted by molar-refractivity contribution is 0.336. The molecule has 1 aromatic heterocycles. The van der Waals surface area contributed by atoms with Gasteiger partial charge in [0, 0.05) is 17.6 Å². The van der Waals surface area contributed by atoms with Gasteiger partial charge in [0.15, 0.2) is 0 Å². The topological polar surface area (TPSA) is 85.5 Å². The average Bonchev–Trinajstić information content (AvgIpc) is 3.12. The van der Waals surface area contributed by atoms with Crippen molar-refractivity contribution < 1.29 is 17.7 Å². The van der Waals surface area contributed by atoms with Gasteiger partial charge in [-0.1, -0.05) is 16.8 Å². The summed E-state index contributed by atoms with van der Waals surface area (Å²) in [6.07, 6.45) is 0. The highest BCUT2D eigenvalue weighted by molar-refractivity contribution is 7.89. The van der Waals surface area contributed by atoms with Crippen LogP contribution < -0.4 is 4.74 Å². The van der Waals surface area contributed by atoms with Gasteiger partial charge in [-0.05, 0) is 61.4 Å². The molecule has 0 aliphatic rings. The van der Waals surface area contributed by atoms with Crippen LogP contribution in [0.2, 0.25) is 5.02 Å². The first-order chi connectivity index (χ1) is 13.2. The lowest BCUT2D eigenvalue weighted by atomic mass is 10.1. The summed E-state index contributed by atoms with van der Waals surface area (Å²) >= 11 is 5.88. The molecule has 0 fully saturated rings. The van der Waals surface area contributed by atoms with E-state index in [2.05, 4.69) is 10.1 Å². The van der Waals surface area contributed by atoms with E-state index in [1.807, 2.05) is 0 Å². The molecule has 0 bridgehead atoms. The highest BCUT2D eigenvalue weighted by Crippen LogP contribution is 2.28. The van der Waals surface area contributed by atoms with Crippen molar-refractivity contribution in [1.29, 1.82) is 0 Å². The van der Waals surface area contributed by atoms with Gasteiger partial charge in [0.25, 0.3) is 0 Å². The second-order valence-corrected chi connectivity index (χ2v) is 8.82. The highest BCUT2D eigenvalue weighted by Gasteiger charge is 2.26. The number of hydrogen-bond donors (Lipinski definition) is 0. The summed E-state index contributed by atoms with van der Waals surface area (Å²) in [6.45, 7) is 3.48. The van der Waals surface area contributed by atoms with Crippen molar-refractivity contribution in [2.75, 3.05) is 14.2 Å². The molecule has 0 aliphatic carbocycles. The van der Waals surface area contributed by atoms with E-state index in [-0.39, 0.29) is 17.3 Å². The maximum atomic E-state index is 13.0. The molecule has 0 radical (unpaired) electrons. The molecule has 0 N–H and O–H groups in total. The van der Waals surface area contributed by atoms with E-state index in [4.69, 9.17) is 20.9 Å². The monoisotopic (exact) mass is 421 g/mol. The van der Waals surface area contributed by atoms with Crippen molar-refractivity contribution in [2.45, 2.75) is 25.3 Å². The number of rotatable bonds is 6. The van der Waals surface area contributed by atoms with Gasteiger partial charge in [-0.25, -0.2) is 8.42 Å². The van der Waals surface area contributed by atoms with Crippen molar-refractivity contribution in [2.24, 2.45) is 0 Å². The molecule has 3 rings (SSSR count). The first-order valence-electron chi connectivity index (χ1n) is 8.42. The maximum absolute atomic E-state index is 13.0. The largest absolute Gasteiger partial charge is 0.496 e. The molecule has 1 heterocycles. The van der Waals surface area contributed by atoms with Crippen LogP contribution in [0.5, 0.6) is 5.75 Å². The summed E-state index contributed by atoms with van der Waals surface area (Å²) in [5.41, 5.74) is 2.07. The van der Waals surface area contributed by atoms with Gasteiger partial charge in [0.05, 0.1) is 18.6 Å². The number of halogens is 1. The summed E-state index contributed by atoms with van der Waals surface area (Å²) in [6, 6.07) is 10.3. The van der Waals surface area contributed by atoms with Crippen molar-refractivity contribution >= 4 is 21.6 Å². The quantitative estimate of drug-likeness (QED) is 0.601. The van der Waals surface area contributed by atoms with Crippen molar-refractivity contribution in [3.63, 3.8) is 0 Å². The molecule has 3 aromatic rings. The van der Waals surface area contributed by atoms with Gasteiger partial charge in [-0.2, -0.15) is 9.29 Å². The molecule has 0 unspecified atom stereocenters. The molecule has 7 nitrogen and oxygen atoms in total. The van der Waals surface area contributed by atoms with Crippen LogP contribution in [0.15, 0.2) is 45.8 Å². The summed E-state index contributed by atoms with van der Waals surface area (Å²) < 4.78 is 37.7. The molecule has 2 aromatic carbocycles. The Balaban J connectivity index is 1.84. The molecular formula is C19H20ClN3O4S. The summed E-state index contributed by atoms with van der Waals surface area (Å²) in [7, 11) is -0.720. The third-order valence-corrected chi connectivity index (χ3v) is 6.51. The van der Waals surface area contributed by atoms with Gasteiger partial charge in [-0.15, -0.1) is 0 Å². The van der Waals surface area contributed by atoms with Gasteiger partial charge in [0.1, 0.15) is 5.75 Å². The summed E-state index contributed by atoms with van der Waals surface area (Å²) in [5.74, 6) is 1.21. The molecule has 0 amide bonds. The zero-order valence-electron chi connectivity index (χ0n) is 15.9. The molecule has 148 valence electrons. The molecule has 0 saturated heterocycles. The normalized spacial score (nSPS) is 11.8. The van der Waals surface area contributed by atoms with Gasteiger partial charge >= 0.3 is 0 Å². The van der Waals surface area contributed by atoms with E-state index >= 15 is 0 Å². The van der Waals surface area contributed by atoms with Crippen LogP contribution in [-0.2, 0) is 16.6 Å². The molecule has 28 heavy (non-hydrogen) atoms. The predicted octanol–water partition coefficient (Wildman–Crippen LogP) is 3.84. The van der Waals surface area contributed by atoms with E-state index in [9.17, 15) is 8.42 Å². The number of nitrogens with zero attached hydrogens (tertiary/aromatic N) is 3. The number of sulfonamides is 1. The van der Waals surface area contributed by atoms with Crippen LogP contribution in [0.1, 0.15) is 17.0 Å². The predicted molar refractivity (Wildman–Crippen MR) is 106 cm³/mol. The summed E-state index contributed by atoms with van der Waals surface area (Å²) in [5, 5.41) is 4.51. The minimum atomic E-state index is -3.74.